The average Bonchev–Trinajstić information content (AvgIpc) is 2.84. The van der Waals surface area contributed by atoms with Gasteiger partial charge in [-0.2, -0.15) is 0 Å². The molecule has 5 nitrogen and oxygen atoms in total. The minimum atomic E-state index is -0.000812. The predicted octanol–water partition coefficient (Wildman–Crippen LogP) is 4.28. The van der Waals surface area contributed by atoms with Crippen molar-refractivity contribution in [3.05, 3.63) is 89.5 Å². The lowest BCUT2D eigenvalue weighted by Gasteiger charge is -2.37. The highest BCUT2D eigenvalue weighted by Crippen LogP contribution is 2.42. The maximum Gasteiger partial charge on any atom is 0.165 e. The standard InChI is InChI=1S/C26H30N2O3/c1-29-24-14-8-12-22(26(24)30-2)25(28-17-15-27-16-18-28)21-11-6-7-13-23(21)31-19-20-9-4-3-5-10-20/h3-14,25,27H,15-19H2,1-2H3. The monoisotopic (exact) mass is 418 g/mol. The van der Waals surface area contributed by atoms with Gasteiger partial charge in [0, 0.05) is 37.3 Å². The van der Waals surface area contributed by atoms with Crippen molar-refractivity contribution in [2.45, 2.75) is 12.6 Å². The van der Waals surface area contributed by atoms with Gasteiger partial charge >= 0.3 is 0 Å². The highest BCUT2D eigenvalue weighted by atomic mass is 16.5. The lowest BCUT2D eigenvalue weighted by atomic mass is 9.94. The van der Waals surface area contributed by atoms with E-state index in [-0.39, 0.29) is 6.04 Å². The molecule has 0 radical (unpaired) electrons. The largest absolute Gasteiger partial charge is 0.493 e. The predicted molar refractivity (Wildman–Crippen MR) is 123 cm³/mol. The maximum atomic E-state index is 6.33. The Hall–Kier alpha value is -3.02. The third kappa shape index (κ3) is 4.84. The summed E-state index contributed by atoms with van der Waals surface area (Å²) < 4.78 is 17.8. The molecule has 3 aromatic rings. The topological polar surface area (TPSA) is 43.0 Å². The van der Waals surface area contributed by atoms with Gasteiger partial charge in [0.15, 0.2) is 11.5 Å². The molecule has 0 aliphatic carbocycles. The molecule has 0 aromatic heterocycles. The third-order valence-corrected chi connectivity index (χ3v) is 5.70. The van der Waals surface area contributed by atoms with Crippen molar-refractivity contribution < 1.29 is 14.2 Å². The molecule has 4 rings (SSSR count). The summed E-state index contributed by atoms with van der Waals surface area (Å²) in [7, 11) is 3.38. The number of para-hydroxylation sites is 2. The van der Waals surface area contributed by atoms with Gasteiger partial charge in [0.1, 0.15) is 12.4 Å². The Morgan fingerprint density at radius 3 is 2.19 bits per heavy atom. The smallest absolute Gasteiger partial charge is 0.165 e. The summed E-state index contributed by atoms with van der Waals surface area (Å²) in [6.45, 7) is 4.32. The van der Waals surface area contributed by atoms with Gasteiger partial charge in [0.25, 0.3) is 0 Å². The SMILES string of the molecule is COc1cccc(C(c2ccccc2OCc2ccccc2)N2CCNCC2)c1OC. The Balaban J connectivity index is 1.75. The van der Waals surface area contributed by atoms with E-state index in [1.165, 1.54) is 0 Å². The van der Waals surface area contributed by atoms with Gasteiger partial charge < -0.3 is 19.5 Å². The minimum Gasteiger partial charge on any atom is -0.493 e. The van der Waals surface area contributed by atoms with Gasteiger partial charge in [0.2, 0.25) is 0 Å². The van der Waals surface area contributed by atoms with Crippen molar-refractivity contribution in [3.63, 3.8) is 0 Å². The number of rotatable bonds is 8. The summed E-state index contributed by atoms with van der Waals surface area (Å²) >= 11 is 0. The first kappa shape index (κ1) is 21.2. The normalized spacial score (nSPS) is 15.3. The molecule has 5 heteroatoms. The van der Waals surface area contributed by atoms with Crippen molar-refractivity contribution in [1.29, 1.82) is 0 Å². The molecule has 0 spiro atoms. The number of nitrogens with one attached hydrogen (secondary N) is 1. The van der Waals surface area contributed by atoms with Gasteiger partial charge in [-0.15, -0.1) is 0 Å². The number of ether oxygens (including phenoxy) is 3. The quantitative estimate of drug-likeness (QED) is 0.592. The Labute approximate surface area is 184 Å². The Morgan fingerprint density at radius 2 is 1.45 bits per heavy atom. The molecule has 0 bridgehead atoms. The van der Waals surface area contributed by atoms with Gasteiger partial charge in [-0.3, -0.25) is 4.90 Å². The van der Waals surface area contributed by atoms with E-state index < -0.39 is 0 Å². The Kier molecular flexibility index (Phi) is 7.07. The molecule has 3 aromatic carbocycles. The summed E-state index contributed by atoms with van der Waals surface area (Å²) in [5, 5.41) is 3.46. The van der Waals surface area contributed by atoms with Crippen LogP contribution in [-0.2, 0) is 6.61 Å². The molecule has 31 heavy (non-hydrogen) atoms. The second-order valence-electron chi connectivity index (χ2n) is 7.58. The summed E-state index contributed by atoms with van der Waals surface area (Å²) in [5.41, 5.74) is 3.36. The summed E-state index contributed by atoms with van der Waals surface area (Å²) in [5.74, 6) is 2.40. The molecular weight excluding hydrogens is 388 g/mol. The van der Waals surface area contributed by atoms with Crippen LogP contribution in [0.5, 0.6) is 17.2 Å². The Morgan fingerprint density at radius 1 is 0.774 bits per heavy atom. The molecule has 1 N–H and O–H groups in total. The van der Waals surface area contributed by atoms with Crippen molar-refractivity contribution in [1.82, 2.24) is 10.2 Å². The van der Waals surface area contributed by atoms with Crippen LogP contribution in [0.2, 0.25) is 0 Å². The fourth-order valence-corrected chi connectivity index (χ4v) is 4.20. The van der Waals surface area contributed by atoms with Crippen LogP contribution in [0, 0.1) is 0 Å². The van der Waals surface area contributed by atoms with E-state index in [4.69, 9.17) is 14.2 Å². The minimum absolute atomic E-state index is 0.000812. The molecule has 1 aliphatic heterocycles. The molecule has 1 unspecified atom stereocenters. The van der Waals surface area contributed by atoms with E-state index >= 15 is 0 Å². The fourth-order valence-electron chi connectivity index (χ4n) is 4.20. The number of hydrogen-bond acceptors (Lipinski definition) is 5. The van der Waals surface area contributed by atoms with Gasteiger partial charge in [-0.05, 0) is 17.7 Å². The number of methoxy groups -OCH3 is 2. The molecule has 1 fully saturated rings. The lowest BCUT2D eigenvalue weighted by Crippen LogP contribution is -2.45. The van der Waals surface area contributed by atoms with E-state index in [1.54, 1.807) is 14.2 Å². The number of hydrogen-bond donors (Lipinski definition) is 1. The zero-order valence-electron chi connectivity index (χ0n) is 18.2. The summed E-state index contributed by atoms with van der Waals surface area (Å²) in [4.78, 5) is 2.48. The molecule has 1 atom stereocenters. The van der Waals surface area contributed by atoms with E-state index in [0.717, 1.165) is 60.1 Å². The molecule has 162 valence electrons. The fraction of sp³-hybridized carbons (Fsp3) is 0.308. The van der Waals surface area contributed by atoms with Crippen LogP contribution in [0.1, 0.15) is 22.7 Å². The first-order valence-corrected chi connectivity index (χ1v) is 10.7. The van der Waals surface area contributed by atoms with E-state index in [1.807, 2.05) is 36.4 Å². The summed E-state index contributed by atoms with van der Waals surface area (Å²) in [6, 6.07) is 24.7. The van der Waals surface area contributed by atoms with Crippen molar-refractivity contribution in [2.24, 2.45) is 0 Å². The van der Waals surface area contributed by atoms with Crippen LogP contribution in [0.3, 0.4) is 0 Å². The Bertz CT molecular complexity index is 971. The lowest BCUT2D eigenvalue weighted by molar-refractivity contribution is 0.189. The molecule has 0 amide bonds. The van der Waals surface area contributed by atoms with E-state index in [2.05, 4.69) is 46.6 Å². The second kappa shape index (κ2) is 10.3. The van der Waals surface area contributed by atoms with Crippen LogP contribution in [0.4, 0.5) is 0 Å². The number of benzene rings is 3. The molecular formula is C26H30N2O3. The number of piperazine rings is 1. The summed E-state index contributed by atoms with van der Waals surface area (Å²) in [6.07, 6.45) is 0. The first-order valence-electron chi connectivity index (χ1n) is 10.7. The van der Waals surface area contributed by atoms with Gasteiger partial charge in [-0.25, -0.2) is 0 Å². The van der Waals surface area contributed by atoms with Crippen LogP contribution >= 0.6 is 0 Å². The van der Waals surface area contributed by atoms with Crippen molar-refractivity contribution in [2.75, 3.05) is 40.4 Å². The molecule has 1 saturated heterocycles. The van der Waals surface area contributed by atoms with Crippen molar-refractivity contribution in [3.8, 4) is 17.2 Å². The zero-order chi connectivity index (χ0) is 21.5. The van der Waals surface area contributed by atoms with E-state index in [0.29, 0.717) is 6.61 Å². The van der Waals surface area contributed by atoms with Gasteiger partial charge in [0.05, 0.1) is 20.3 Å². The van der Waals surface area contributed by atoms with Crippen LogP contribution in [0.15, 0.2) is 72.8 Å². The maximum absolute atomic E-state index is 6.33. The van der Waals surface area contributed by atoms with Crippen LogP contribution in [0.25, 0.3) is 0 Å². The molecule has 1 heterocycles. The highest BCUT2D eigenvalue weighted by molar-refractivity contribution is 5.53. The number of nitrogens with zero attached hydrogens (tertiary/aromatic N) is 1. The van der Waals surface area contributed by atoms with E-state index in [9.17, 15) is 0 Å². The third-order valence-electron chi connectivity index (χ3n) is 5.70. The van der Waals surface area contributed by atoms with Crippen molar-refractivity contribution >= 4 is 0 Å². The zero-order valence-corrected chi connectivity index (χ0v) is 18.2. The average molecular weight is 419 g/mol. The van der Waals surface area contributed by atoms with Gasteiger partial charge in [-0.1, -0.05) is 60.7 Å². The second-order valence-corrected chi connectivity index (χ2v) is 7.58. The molecule has 0 saturated carbocycles. The van der Waals surface area contributed by atoms with Crippen LogP contribution in [-0.4, -0.2) is 45.3 Å². The first-order chi connectivity index (χ1) is 15.3. The highest BCUT2D eigenvalue weighted by Gasteiger charge is 2.30. The molecule has 1 aliphatic rings. The van der Waals surface area contributed by atoms with Crippen LogP contribution < -0.4 is 19.5 Å².